The van der Waals surface area contributed by atoms with E-state index >= 15 is 0 Å². The molecule has 0 radical (unpaired) electrons. The summed E-state index contributed by atoms with van der Waals surface area (Å²) in [6.45, 7) is 6.77. The van der Waals surface area contributed by atoms with Crippen LogP contribution in [-0.4, -0.2) is 15.0 Å². The van der Waals surface area contributed by atoms with Crippen LogP contribution in [-0.2, 0) is 10.0 Å². The molecule has 0 aliphatic heterocycles. The Morgan fingerprint density at radius 1 is 1.29 bits per heavy atom. The van der Waals surface area contributed by atoms with Crippen LogP contribution in [0.5, 0.6) is 0 Å². The second kappa shape index (κ2) is 7.61. The van der Waals surface area contributed by atoms with Crippen molar-refractivity contribution < 1.29 is 8.42 Å². The molecule has 0 heterocycles. The van der Waals surface area contributed by atoms with E-state index in [9.17, 15) is 8.42 Å². The Balaban J connectivity index is 2.70. The molecule has 1 rings (SSSR count). The molecule has 4 nitrogen and oxygen atoms in total. The van der Waals surface area contributed by atoms with Gasteiger partial charge in [-0.25, -0.2) is 13.1 Å². The third-order valence-electron chi connectivity index (χ3n) is 3.48. The van der Waals surface area contributed by atoms with E-state index in [0.29, 0.717) is 16.7 Å². The summed E-state index contributed by atoms with van der Waals surface area (Å²) in [5.41, 5.74) is 6.15. The van der Waals surface area contributed by atoms with Gasteiger partial charge in [-0.3, -0.25) is 0 Å². The predicted octanol–water partition coefficient (Wildman–Crippen LogP) is 3.92. The van der Waals surface area contributed by atoms with Crippen LogP contribution in [0.3, 0.4) is 0 Å². The SMILES string of the molecule is CCCCCC(C)(C)CNS(=O)(=O)c1ccc(N)c(Br)c1. The summed E-state index contributed by atoms with van der Waals surface area (Å²) in [5, 5.41) is 0. The summed E-state index contributed by atoms with van der Waals surface area (Å²) in [6, 6.07) is 4.64. The molecule has 120 valence electrons. The zero-order valence-corrected chi connectivity index (χ0v) is 15.4. The molecule has 0 atom stereocenters. The van der Waals surface area contributed by atoms with Gasteiger partial charge in [0.2, 0.25) is 10.0 Å². The van der Waals surface area contributed by atoms with Gasteiger partial charge in [0.25, 0.3) is 0 Å². The highest BCUT2D eigenvalue weighted by atomic mass is 79.9. The quantitative estimate of drug-likeness (QED) is 0.533. The van der Waals surface area contributed by atoms with E-state index < -0.39 is 10.0 Å². The van der Waals surface area contributed by atoms with Crippen LogP contribution in [0.25, 0.3) is 0 Å². The average Bonchev–Trinajstić information content (AvgIpc) is 2.40. The number of rotatable bonds is 8. The number of benzene rings is 1. The van der Waals surface area contributed by atoms with Gasteiger partial charge in [-0.15, -0.1) is 0 Å². The third kappa shape index (κ3) is 5.96. The number of hydrogen-bond donors (Lipinski definition) is 2. The summed E-state index contributed by atoms with van der Waals surface area (Å²) < 4.78 is 27.9. The Labute approximate surface area is 136 Å². The first-order valence-electron chi connectivity index (χ1n) is 7.23. The monoisotopic (exact) mass is 376 g/mol. The van der Waals surface area contributed by atoms with Gasteiger partial charge >= 0.3 is 0 Å². The largest absolute Gasteiger partial charge is 0.398 e. The fraction of sp³-hybridized carbons (Fsp3) is 0.600. The molecule has 0 saturated heterocycles. The second-order valence-electron chi connectivity index (χ2n) is 6.13. The van der Waals surface area contributed by atoms with Crippen molar-refractivity contribution in [2.45, 2.75) is 51.3 Å². The van der Waals surface area contributed by atoms with E-state index in [1.54, 1.807) is 6.07 Å². The van der Waals surface area contributed by atoms with E-state index in [4.69, 9.17) is 5.73 Å². The molecule has 0 aliphatic carbocycles. The van der Waals surface area contributed by atoms with E-state index in [1.807, 2.05) is 0 Å². The fourth-order valence-corrected chi connectivity index (χ4v) is 3.79. The normalized spacial score (nSPS) is 12.6. The van der Waals surface area contributed by atoms with Gasteiger partial charge in [0.15, 0.2) is 0 Å². The van der Waals surface area contributed by atoms with E-state index in [2.05, 4.69) is 41.4 Å². The molecule has 0 amide bonds. The Hall–Kier alpha value is -0.590. The Morgan fingerprint density at radius 2 is 1.95 bits per heavy atom. The van der Waals surface area contributed by atoms with Gasteiger partial charge in [-0.1, -0.05) is 40.0 Å². The van der Waals surface area contributed by atoms with E-state index in [1.165, 1.54) is 25.0 Å². The molecule has 0 aromatic heterocycles. The molecule has 0 bridgehead atoms. The molecule has 0 aliphatic rings. The predicted molar refractivity (Wildman–Crippen MR) is 91.7 cm³/mol. The minimum atomic E-state index is -3.50. The molecule has 21 heavy (non-hydrogen) atoms. The number of nitrogens with two attached hydrogens (primary N) is 1. The lowest BCUT2D eigenvalue weighted by atomic mass is 9.87. The smallest absolute Gasteiger partial charge is 0.240 e. The molecular weight excluding hydrogens is 352 g/mol. The zero-order valence-electron chi connectivity index (χ0n) is 12.9. The van der Waals surface area contributed by atoms with Crippen molar-refractivity contribution in [2.24, 2.45) is 5.41 Å². The molecular formula is C15H25BrN2O2S. The van der Waals surface area contributed by atoms with Crippen LogP contribution in [0.1, 0.15) is 46.5 Å². The van der Waals surface area contributed by atoms with Crippen molar-refractivity contribution in [3.05, 3.63) is 22.7 Å². The summed E-state index contributed by atoms with van der Waals surface area (Å²) >= 11 is 3.25. The number of halogens is 1. The van der Waals surface area contributed by atoms with Gasteiger partial charge in [0.05, 0.1) is 4.90 Å². The average molecular weight is 377 g/mol. The zero-order chi connectivity index (χ0) is 16.1. The number of nitrogens with one attached hydrogen (secondary N) is 1. The summed E-state index contributed by atoms with van der Waals surface area (Å²) in [6.07, 6.45) is 4.48. The Morgan fingerprint density at radius 3 is 2.52 bits per heavy atom. The minimum Gasteiger partial charge on any atom is -0.398 e. The fourth-order valence-electron chi connectivity index (χ4n) is 1.99. The van der Waals surface area contributed by atoms with Crippen molar-refractivity contribution in [1.82, 2.24) is 4.72 Å². The van der Waals surface area contributed by atoms with Gasteiger partial charge in [0, 0.05) is 16.7 Å². The minimum absolute atomic E-state index is 0.0483. The molecule has 0 fully saturated rings. The van der Waals surface area contributed by atoms with Gasteiger partial charge in [0.1, 0.15) is 0 Å². The second-order valence-corrected chi connectivity index (χ2v) is 8.75. The van der Waals surface area contributed by atoms with Crippen LogP contribution in [0.4, 0.5) is 5.69 Å². The van der Waals surface area contributed by atoms with Crippen LogP contribution in [0.15, 0.2) is 27.6 Å². The first kappa shape index (κ1) is 18.5. The molecule has 0 unspecified atom stereocenters. The number of hydrogen-bond acceptors (Lipinski definition) is 3. The van der Waals surface area contributed by atoms with Crippen molar-refractivity contribution in [2.75, 3.05) is 12.3 Å². The van der Waals surface area contributed by atoms with E-state index in [0.717, 1.165) is 12.8 Å². The van der Waals surface area contributed by atoms with E-state index in [-0.39, 0.29) is 10.3 Å². The molecule has 1 aromatic carbocycles. The lowest BCUT2D eigenvalue weighted by molar-refractivity contribution is 0.320. The Kier molecular flexibility index (Phi) is 6.69. The van der Waals surface area contributed by atoms with Crippen molar-refractivity contribution >= 4 is 31.6 Å². The molecule has 0 spiro atoms. The van der Waals surface area contributed by atoms with Crippen molar-refractivity contribution in [1.29, 1.82) is 0 Å². The molecule has 3 N–H and O–H groups in total. The summed E-state index contributed by atoms with van der Waals surface area (Å²) in [5.74, 6) is 0. The maximum atomic E-state index is 12.3. The Bertz CT molecular complexity index is 571. The lowest BCUT2D eigenvalue weighted by Gasteiger charge is -2.25. The van der Waals surface area contributed by atoms with Crippen LogP contribution in [0.2, 0.25) is 0 Å². The summed E-state index contributed by atoms with van der Waals surface area (Å²) in [7, 11) is -3.50. The van der Waals surface area contributed by atoms with Gasteiger partial charge < -0.3 is 5.73 Å². The number of nitrogen functional groups attached to an aromatic ring is 1. The number of sulfonamides is 1. The lowest BCUT2D eigenvalue weighted by Crippen LogP contribution is -2.34. The van der Waals surface area contributed by atoms with Gasteiger partial charge in [-0.2, -0.15) is 0 Å². The number of unbranched alkanes of at least 4 members (excludes halogenated alkanes) is 2. The van der Waals surface area contributed by atoms with Crippen LogP contribution >= 0.6 is 15.9 Å². The van der Waals surface area contributed by atoms with Gasteiger partial charge in [-0.05, 0) is 46.0 Å². The highest BCUT2D eigenvalue weighted by molar-refractivity contribution is 9.10. The standard InChI is InChI=1S/C15H25BrN2O2S/c1-4-5-6-9-15(2,3)11-18-21(19,20)12-7-8-14(17)13(16)10-12/h7-8,10,18H,4-6,9,11,17H2,1-3H3. The maximum Gasteiger partial charge on any atom is 0.240 e. The maximum absolute atomic E-state index is 12.3. The first-order chi connectivity index (χ1) is 9.68. The highest BCUT2D eigenvalue weighted by Gasteiger charge is 2.22. The number of anilines is 1. The van der Waals surface area contributed by atoms with Crippen LogP contribution in [0, 0.1) is 5.41 Å². The third-order valence-corrected chi connectivity index (χ3v) is 5.57. The molecule has 6 heteroatoms. The van der Waals surface area contributed by atoms with Crippen molar-refractivity contribution in [3.8, 4) is 0 Å². The first-order valence-corrected chi connectivity index (χ1v) is 9.50. The van der Waals surface area contributed by atoms with Crippen LogP contribution < -0.4 is 10.5 Å². The topological polar surface area (TPSA) is 72.2 Å². The molecule has 1 aromatic rings. The van der Waals surface area contributed by atoms with Crippen molar-refractivity contribution in [3.63, 3.8) is 0 Å². The molecule has 0 saturated carbocycles. The summed E-state index contributed by atoms with van der Waals surface area (Å²) in [4.78, 5) is 0.230. The highest BCUT2D eigenvalue weighted by Crippen LogP contribution is 2.25.